The molecule has 0 aliphatic rings. The molecule has 2 unspecified atom stereocenters. The molecule has 0 radical (unpaired) electrons. The molecule has 0 rings (SSSR count). The van der Waals surface area contributed by atoms with Gasteiger partial charge in [0.2, 0.25) is 5.91 Å². The number of ether oxygens (including phenoxy) is 1. The van der Waals surface area contributed by atoms with E-state index in [1.165, 1.54) is 327 Å². The van der Waals surface area contributed by atoms with Crippen LogP contribution in [-0.4, -0.2) is 47.4 Å². The first kappa shape index (κ1) is 72.9. The summed E-state index contributed by atoms with van der Waals surface area (Å²) < 4.78 is 5.47. The van der Waals surface area contributed by atoms with E-state index in [-0.39, 0.29) is 18.5 Å². The minimum Gasteiger partial charge on any atom is -0.466 e. The number of hydrogen-bond acceptors (Lipinski definition) is 5. The lowest BCUT2D eigenvalue weighted by atomic mass is 10.0. The van der Waals surface area contributed by atoms with E-state index in [1.807, 2.05) is 0 Å². The minimum absolute atomic E-state index is 0.0182. The van der Waals surface area contributed by atoms with Crippen molar-refractivity contribution in [2.75, 3.05) is 13.2 Å². The van der Waals surface area contributed by atoms with Gasteiger partial charge in [-0.15, -0.1) is 0 Å². The molecule has 0 saturated carbocycles. The highest BCUT2D eigenvalue weighted by Crippen LogP contribution is 2.19. The summed E-state index contributed by atoms with van der Waals surface area (Å²) in [5.41, 5.74) is 0. The Morgan fingerprint density at radius 2 is 0.554 bits per heavy atom. The highest BCUT2D eigenvalue weighted by atomic mass is 16.5. The summed E-state index contributed by atoms with van der Waals surface area (Å²) in [5, 5.41) is 23.4. The van der Waals surface area contributed by atoms with Crippen LogP contribution in [0, 0.1) is 0 Å². The molecule has 0 saturated heterocycles. The van der Waals surface area contributed by atoms with Gasteiger partial charge in [0.15, 0.2) is 0 Å². The van der Waals surface area contributed by atoms with Gasteiger partial charge >= 0.3 is 5.97 Å². The van der Waals surface area contributed by atoms with Crippen molar-refractivity contribution in [3.05, 3.63) is 0 Å². The average Bonchev–Trinajstić information content (AvgIpc) is 3.40. The number of rotatable bonds is 65. The zero-order valence-electron chi connectivity index (χ0n) is 50.6. The summed E-state index contributed by atoms with van der Waals surface area (Å²) >= 11 is 0. The summed E-state index contributed by atoms with van der Waals surface area (Å²) in [5.74, 6) is -0.00947. The zero-order chi connectivity index (χ0) is 53.6. The molecule has 3 N–H and O–H groups in total. The highest BCUT2D eigenvalue weighted by molar-refractivity contribution is 5.76. The number of amides is 1. The Hall–Kier alpha value is -1.14. The van der Waals surface area contributed by atoms with Gasteiger partial charge in [0.25, 0.3) is 0 Å². The first-order valence-electron chi connectivity index (χ1n) is 34.3. The van der Waals surface area contributed by atoms with E-state index < -0.39 is 12.1 Å². The monoisotopic (exact) mass is 1050 g/mol. The predicted molar refractivity (Wildman–Crippen MR) is 324 cm³/mol. The molecule has 442 valence electrons. The Kier molecular flexibility index (Phi) is 63.4. The van der Waals surface area contributed by atoms with Gasteiger partial charge in [-0.2, -0.15) is 0 Å². The van der Waals surface area contributed by atoms with Crippen molar-refractivity contribution >= 4 is 11.9 Å². The number of aliphatic hydroxyl groups is 2. The highest BCUT2D eigenvalue weighted by Gasteiger charge is 2.20. The fourth-order valence-corrected chi connectivity index (χ4v) is 11.2. The third kappa shape index (κ3) is 60.1. The maximum Gasteiger partial charge on any atom is 0.305 e. The van der Waals surface area contributed by atoms with E-state index in [9.17, 15) is 19.8 Å². The second-order valence-corrected chi connectivity index (χ2v) is 23.9. The molecular weight excluding hydrogens is 911 g/mol. The van der Waals surface area contributed by atoms with E-state index in [0.717, 1.165) is 38.5 Å². The van der Waals surface area contributed by atoms with Gasteiger partial charge in [0, 0.05) is 12.8 Å². The van der Waals surface area contributed by atoms with Crippen molar-refractivity contribution in [2.45, 2.75) is 411 Å². The summed E-state index contributed by atoms with van der Waals surface area (Å²) in [4.78, 5) is 24.5. The number of carbonyl (C=O) groups is 2. The van der Waals surface area contributed by atoms with E-state index >= 15 is 0 Å². The first-order valence-corrected chi connectivity index (χ1v) is 34.3. The molecule has 6 nitrogen and oxygen atoms in total. The number of esters is 1. The first-order chi connectivity index (χ1) is 36.5. The normalized spacial score (nSPS) is 12.4. The number of carbonyl (C=O) groups excluding carboxylic acids is 2. The standard InChI is InChI=1S/C68H135NO5/c1-3-5-7-9-11-13-15-16-17-18-19-28-31-34-37-41-44-48-52-56-60-66(71)65(64-70)69-67(72)61-57-53-49-45-42-38-35-32-29-26-24-22-20-21-23-25-27-30-33-36-39-43-47-51-55-59-63-74-68(73)62-58-54-50-46-40-14-12-10-8-6-4-2/h65-66,70-71H,3-64H2,1-2H3,(H,69,72). The third-order valence-electron chi connectivity index (χ3n) is 16.4. The van der Waals surface area contributed by atoms with Crippen LogP contribution in [0.4, 0.5) is 0 Å². The van der Waals surface area contributed by atoms with Crippen LogP contribution in [0.5, 0.6) is 0 Å². The van der Waals surface area contributed by atoms with Gasteiger partial charge in [-0.05, 0) is 25.7 Å². The van der Waals surface area contributed by atoms with Crippen LogP contribution in [0.25, 0.3) is 0 Å². The Morgan fingerprint density at radius 3 is 0.824 bits per heavy atom. The fraction of sp³-hybridized carbons (Fsp3) is 0.971. The van der Waals surface area contributed by atoms with E-state index in [1.54, 1.807) is 0 Å². The molecule has 0 aromatic heterocycles. The lowest BCUT2D eigenvalue weighted by Gasteiger charge is -2.22. The molecule has 0 aromatic carbocycles. The van der Waals surface area contributed by atoms with Crippen molar-refractivity contribution < 1.29 is 24.5 Å². The number of aliphatic hydroxyl groups excluding tert-OH is 2. The van der Waals surface area contributed by atoms with Crippen molar-refractivity contribution in [1.29, 1.82) is 0 Å². The molecule has 74 heavy (non-hydrogen) atoms. The van der Waals surface area contributed by atoms with E-state index in [4.69, 9.17) is 4.74 Å². The Labute approximate surface area is 464 Å². The summed E-state index contributed by atoms with van der Waals surface area (Å²) in [7, 11) is 0. The maximum atomic E-state index is 12.5. The van der Waals surface area contributed by atoms with Gasteiger partial charge in [0.05, 0.1) is 25.4 Å². The molecule has 0 bridgehead atoms. The zero-order valence-corrected chi connectivity index (χ0v) is 50.6. The van der Waals surface area contributed by atoms with Crippen LogP contribution in [0.1, 0.15) is 399 Å². The Balaban J connectivity index is 3.35. The topological polar surface area (TPSA) is 95.9 Å². The lowest BCUT2D eigenvalue weighted by molar-refractivity contribution is -0.143. The molecule has 1 amide bonds. The third-order valence-corrected chi connectivity index (χ3v) is 16.4. The van der Waals surface area contributed by atoms with Crippen molar-refractivity contribution in [3.8, 4) is 0 Å². The molecule has 0 fully saturated rings. The van der Waals surface area contributed by atoms with Crippen LogP contribution in [0.15, 0.2) is 0 Å². The molecule has 0 heterocycles. The summed E-state index contributed by atoms with van der Waals surface area (Å²) in [6.07, 6.45) is 77.1. The van der Waals surface area contributed by atoms with Crippen LogP contribution in [-0.2, 0) is 14.3 Å². The SMILES string of the molecule is CCCCCCCCCCCCCCCCCCCCCCC(O)C(CO)NC(=O)CCCCCCCCCCCCCCCCCCCCCCCCCCCCOC(=O)CCCCCCCCCCCCC. The second-order valence-electron chi connectivity index (χ2n) is 23.9. The Morgan fingerprint density at radius 1 is 0.324 bits per heavy atom. The van der Waals surface area contributed by atoms with Gasteiger partial charge in [-0.3, -0.25) is 9.59 Å². The molecule has 0 aliphatic heterocycles. The fourth-order valence-electron chi connectivity index (χ4n) is 11.2. The van der Waals surface area contributed by atoms with E-state index in [0.29, 0.717) is 25.9 Å². The van der Waals surface area contributed by atoms with Crippen molar-refractivity contribution in [1.82, 2.24) is 5.32 Å². The molecule has 0 aromatic rings. The molecule has 0 spiro atoms. The lowest BCUT2D eigenvalue weighted by Crippen LogP contribution is -2.45. The van der Waals surface area contributed by atoms with Crippen LogP contribution in [0.3, 0.4) is 0 Å². The van der Waals surface area contributed by atoms with E-state index in [2.05, 4.69) is 19.2 Å². The average molecular weight is 1050 g/mol. The number of unbranched alkanes of at least 4 members (excludes halogenated alkanes) is 54. The summed E-state index contributed by atoms with van der Waals surface area (Å²) in [6, 6.07) is -0.539. The van der Waals surface area contributed by atoms with Gasteiger partial charge in [-0.25, -0.2) is 0 Å². The maximum absolute atomic E-state index is 12.5. The van der Waals surface area contributed by atoms with Crippen molar-refractivity contribution in [2.24, 2.45) is 0 Å². The Bertz CT molecular complexity index is 1070. The predicted octanol–water partition coefficient (Wildman–Crippen LogP) is 21.8. The van der Waals surface area contributed by atoms with Crippen LogP contribution in [0.2, 0.25) is 0 Å². The van der Waals surface area contributed by atoms with Crippen molar-refractivity contribution in [3.63, 3.8) is 0 Å². The molecular formula is C68H135NO5. The largest absolute Gasteiger partial charge is 0.466 e. The molecule has 0 aliphatic carbocycles. The van der Waals surface area contributed by atoms with Gasteiger partial charge in [-0.1, -0.05) is 361 Å². The number of hydrogen-bond donors (Lipinski definition) is 3. The second kappa shape index (κ2) is 64.4. The summed E-state index contributed by atoms with van der Waals surface area (Å²) in [6.45, 7) is 4.99. The van der Waals surface area contributed by atoms with Crippen LogP contribution < -0.4 is 5.32 Å². The molecule has 2 atom stereocenters. The number of nitrogens with one attached hydrogen (secondary N) is 1. The quantitative estimate of drug-likeness (QED) is 0.0417. The van der Waals surface area contributed by atoms with Gasteiger partial charge < -0.3 is 20.3 Å². The smallest absolute Gasteiger partial charge is 0.305 e. The molecule has 6 heteroatoms. The van der Waals surface area contributed by atoms with Crippen LogP contribution >= 0.6 is 0 Å². The van der Waals surface area contributed by atoms with Gasteiger partial charge in [0.1, 0.15) is 0 Å². The minimum atomic E-state index is -0.662.